The summed E-state index contributed by atoms with van der Waals surface area (Å²) in [6.45, 7) is 17.1. The Morgan fingerprint density at radius 1 is 1.13 bits per heavy atom. The molecule has 12 heteroatoms. The molecule has 224 valence electrons. The van der Waals surface area contributed by atoms with E-state index in [1.165, 1.54) is 0 Å². The molecule has 0 radical (unpaired) electrons. The van der Waals surface area contributed by atoms with Crippen LogP contribution in [0.2, 0.25) is 0 Å². The number of unbranched alkanes of at least 4 members (excludes halogenated alkanes) is 2. The Morgan fingerprint density at radius 3 is 2.23 bits per heavy atom. The van der Waals surface area contributed by atoms with E-state index in [-0.39, 0.29) is 23.2 Å². The number of halogens is 1. The first-order valence-corrected chi connectivity index (χ1v) is 13.5. The summed E-state index contributed by atoms with van der Waals surface area (Å²) in [7, 11) is 0. The van der Waals surface area contributed by atoms with Crippen LogP contribution < -0.4 is 11.0 Å². The van der Waals surface area contributed by atoms with Crippen LogP contribution >= 0.6 is 0 Å². The molecule has 1 aliphatic heterocycles. The van der Waals surface area contributed by atoms with Gasteiger partial charge >= 0.3 is 11.8 Å². The Bertz CT molecular complexity index is 986. The minimum atomic E-state index is -1.19. The van der Waals surface area contributed by atoms with Crippen LogP contribution in [0.4, 0.5) is 15.0 Å². The van der Waals surface area contributed by atoms with Gasteiger partial charge in [-0.3, -0.25) is 9.88 Å². The number of nitrogens with one attached hydrogen (secondary N) is 1. The third-order valence-electron chi connectivity index (χ3n) is 6.28. The van der Waals surface area contributed by atoms with E-state index in [0.29, 0.717) is 19.6 Å². The topological polar surface area (TPSA) is 144 Å². The summed E-state index contributed by atoms with van der Waals surface area (Å²) in [5, 5.41) is 20.0. The second-order valence-electron chi connectivity index (χ2n) is 12.6. The van der Waals surface area contributed by atoms with Crippen molar-refractivity contribution in [2.24, 2.45) is 5.41 Å². The number of amides is 1. The number of aromatic nitrogens is 2. The molecule has 0 spiro atoms. The molecule has 4 atom stereocenters. The summed E-state index contributed by atoms with van der Waals surface area (Å²) in [6, 6.07) is 0. The summed E-state index contributed by atoms with van der Waals surface area (Å²) in [4.78, 5) is 28.0. The van der Waals surface area contributed by atoms with Gasteiger partial charge in [-0.15, -0.1) is 0 Å². The van der Waals surface area contributed by atoms with Crippen molar-refractivity contribution in [3.63, 3.8) is 0 Å². The molecule has 1 fully saturated rings. The fourth-order valence-corrected chi connectivity index (χ4v) is 3.90. The molecule has 0 aromatic carbocycles. The number of rotatable bonds is 12. The fourth-order valence-electron chi connectivity index (χ4n) is 3.90. The summed E-state index contributed by atoms with van der Waals surface area (Å²) in [5.74, 6) is -1.58. The molecule has 11 nitrogen and oxygen atoms in total. The first-order valence-electron chi connectivity index (χ1n) is 13.5. The smallest absolute Gasteiger partial charge is 0.412 e. The molecule has 1 aromatic heterocycles. The van der Waals surface area contributed by atoms with Crippen molar-refractivity contribution in [3.05, 3.63) is 22.5 Å². The van der Waals surface area contributed by atoms with Crippen molar-refractivity contribution in [1.29, 1.82) is 0 Å². The molecule has 4 N–H and O–H groups in total. The Hall–Kier alpha value is -2.12. The van der Waals surface area contributed by atoms with Gasteiger partial charge in [0.05, 0.1) is 43.3 Å². The van der Waals surface area contributed by atoms with E-state index in [1.807, 2.05) is 41.5 Å². The first-order chi connectivity index (χ1) is 17.9. The molecule has 1 aliphatic rings. The van der Waals surface area contributed by atoms with Crippen molar-refractivity contribution < 1.29 is 38.3 Å². The standard InChI is InChI=1S/C27H46FN3O8/c1-17-19(32)20(33)22(39-17)31-14-18(28)21(29-23(31)34)30-24(35)36-13-11-9-10-12-27(8,15-37-25(2,3)4)16-38-26(5,6)7/h14,17,19-20,22,32-33H,9-13,15-16H2,1-8H3,(H,29,30,34,35)/p+1. The third-order valence-corrected chi connectivity index (χ3v) is 6.28. The number of carbonyl (C=O) groups is 1. The number of ether oxygens (including phenoxy) is 4. The predicted molar refractivity (Wildman–Crippen MR) is 144 cm³/mol. The van der Waals surface area contributed by atoms with Crippen molar-refractivity contribution >= 4 is 11.9 Å². The maximum absolute atomic E-state index is 14.5. The monoisotopic (exact) mass is 560 g/mol. The Morgan fingerprint density at radius 2 is 1.72 bits per heavy atom. The van der Waals surface area contributed by atoms with Gasteiger partial charge in [-0.1, -0.05) is 19.8 Å². The lowest BCUT2D eigenvalue weighted by Gasteiger charge is -2.35. The Balaban J connectivity index is 1.81. The zero-order valence-corrected chi connectivity index (χ0v) is 24.5. The van der Waals surface area contributed by atoms with Crippen molar-refractivity contribution in [2.45, 2.75) is 117 Å². The zero-order chi connectivity index (χ0) is 29.6. The zero-order valence-electron chi connectivity index (χ0n) is 24.5. The number of hydrogen-bond donors (Lipinski definition) is 2. The van der Waals surface area contributed by atoms with E-state index in [4.69, 9.17) is 24.1 Å². The van der Waals surface area contributed by atoms with Crippen LogP contribution in [0.3, 0.4) is 0 Å². The van der Waals surface area contributed by atoms with Crippen LogP contribution in [0, 0.1) is 11.2 Å². The van der Waals surface area contributed by atoms with Crippen LogP contribution in [0.1, 0.15) is 87.3 Å². The lowest BCUT2D eigenvalue weighted by Crippen LogP contribution is -2.36. The minimum absolute atomic E-state index is 0.116. The molecule has 39 heavy (non-hydrogen) atoms. The number of aliphatic hydroxyl groups excluding tert-OH is 1. The molecule has 1 amide bonds. The van der Waals surface area contributed by atoms with Crippen LogP contribution in [-0.2, 0) is 18.9 Å². The summed E-state index contributed by atoms with van der Waals surface area (Å²) in [5.41, 5.74) is -1.59. The summed E-state index contributed by atoms with van der Waals surface area (Å²) >= 11 is 0. The van der Waals surface area contributed by atoms with Crippen molar-refractivity contribution in [1.82, 2.24) is 9.55 Å². The minimum Gasteiger partial charge on any atom is -0.449 e. The van der Waals surface area contributed by atoms with Gasteiger partial charge in [0.1, 0.15) is 0 Å². The highest BCUT2D eigenvalue weighted by molar-refractivity contribution is 5.83. The van der Waals surface area contributed by atoms with E-state index in [2.05, 4.69) is 17.2 Å². The van der Waals surface area contributed by atoms with Gasteiger partial charge < -0.3 is 29.2 Å². The summed E-state index contributed by atoms with van der Waals surface area (Å²) in [6.07, 6.45) is -1.16. The number of hydrogen-bond acceptors (Lipinski definition) is 8. The summed E-state index contributed by atoms with van der Waals surface area (Å²) < 4.78 is 38.0. The highest BCUT2D eigenvalue weighted by Gasteiger charge is 2.46. The van der Waals surface area contributed by atoms with Gasteiger partial charge in [-0.05, 0) is 61.3 Å². The molecule has 0 saturated carbocycles. The lowest BCUT2D eigenvalue weighted by atomic mass is 9.86. The maximum Gasteiger partial charge on any atom is 0.412 e. The second kappa shape index (κ2) is 13.5. The third kappa shape index (κ3) is 10.8. The average molecular weight is 561 g/mol. The molecular weight excluding hydrogens is 513 g/mol. The van der Waals surface area contributed by atoms with Crippen molar-refractivity contribution in [2.75, 3.05) is 25.1 Å². The van der Waals surface area contributed by atoms with Gasteiger partial charge in [0.25, 0.3) is 0 Å². The van der Waals surface area contributed by atoms with Crippen molar-refractivity contribution in [3.8, 4) is 0 Å². The number of carbonyl (C=O) groups excluding carboxylic acids is 1. The lowest BCUT2D eigenvalue weighted by molar-refractivity contribution is -0.104. The van der Waals surface area contributed by atoms with Crippen LogP contribution in [0.15, 0.2) is 11.0 Å². The Kier molecular flexibility index (Phi) is 11.4. The molecule has 1 saturated heterocycles. The highest BCUT2D eigenvalue weighted by Crippen LogP contribution is 2.30. The molecule has 2 heterocycles. The molecule has 1 aromatic rings. The Labute approximate surface area is 230 Å². The number of aliphatic hydroxyl groups is 1. The quantitative estimate of drug-likeness (QED) is 0.292. The second-order valence-corrected chi connectivity index (χ2v) is 12.6. The number of nitrogens with zero attached hydrogens (tertiary/aromatic N) is 2. The van der Waals surface area contributed by atoms with E-state index in [0.717, 1.165) is 30.0 Å². The normalized spacial score (nSPS) is 22.2. The van der Waals surface area contributed by atoms with Gasteiger partial charge in [0.2, 0.25) is 12.3 Å². The fraction of sp³-hybridized carbons (Fsp3) is 0.815. The molecule has 0 aliphatic carbocycles. The molecule has 4 unspecified atom stereocenters. The molecule has 2 rings (SSSR count). The first kappa shape index (κ1) is 33.1. The van der Waals surface area contributed by atoms with Gasteiger partial charge in [0, 0.05) is 5.41 Å². The average Bonchev–Trinajstić information content (AvgIpc) is 3.07. The van der Waals surface area contributed by atoms with Gasteiger partial charge in [-0.25, -0.2) is 14.0 Å². The largest absolute Gasteiger partial charge is 0.449 e. The van der Waals surface area contributed by atoms with Gasteiger partial charge in [0.15, 0.2) is 17.7 Å². The van der Waals surface area contributed by atoms with Crippen LogP contribution in [-0.4, -0.2) is 75.2 Å². The highest BCUT2D eigenvalue weighted by atomic mass is 19.1. The number of anilines is 1. The van der Waals surface area contributed by atoms with Crippen LogP contribution in [0.5, 0.6) is 0 Å². The predicted octanol–water partition coefficient (Wildman–Crippen LogP) is 3.50. The molecular formula is C27H47FN3O8+. The van der Waals surface area contributed by atoms with E-state index in [9.17, 15) is 19.1 Å². The van der Waals surface area contributed by atoms with E-state index < -0.39 is 48.0 Å². The molecule has 0 bridgehead atoms. The van der Waals surface area contributed by atoms with E-state index >= 15 is 0 Å². The SMILES string of the molecule is CC1OC(n2cc(F)c(NC(=O)OCCCCCC(C)(COC(C)(C)C)COC(C)(C)C)nc2=O)C([OH2+])C1O. The van der Waals surface area contributed by atoms with Crippen LogP contribution in [0.25, 0.3) is 0 Å². The van der Waals surface area contributed by atoms with E-state index in [1.54, 1.807) is 6.92 Å². The van der Waals surface area contributed by atoms with Gasteiger partial charge in [-0.2, -0.15) is 4.98 Å². The maximum atomic E-state index is 14.5.